The van der Waals surface area contributed by atoms with Crippen LogP contribution in [-0.4, -0.2) is 11.6 Å². The maximum absolute atomic E-state index is 11.5. The Kier molecular flexibility index (Phi) is 8.76. The largest absolute Gasteiger partial charge is 0.322 e. The molecule has 0 saturated heterocycles. The Hall–Kier alpha value is -1.10. The molecule has 5 nitrogen and oxygen atoms in total. The Morgan fingerprint density at radius 3 is 2.06 bits per heavy atom. The molecule has 0 bridgehead atoms. The van der Waals surface area contributed by atoms with E-state index in [9.17, 15) is 4.79 Å². The number of hydrogen-bond donors (Lipinski definition) is 3. The molecule has 0 radical (unpaired) electrons. The fourth-order valence-corrected chi connectivity index (χ4v) is 1.13. The van der Waals surface area contributed by atoms with Crippen LogP contribution in [0.4, 0.5) is 0 Å². The van der Waals surface area contributed by atoms with E-state index in [4.69, 9.17) is 11.7 Å². The molecule has 0 aromatic heterocycles. The number of nitrogens with one attached hydrogen (secondary N) is 1. The SMILES string of the molecule is CC.CC(C)C(=O)CC(C)(C)/C(=N/N)NN. The summed E-state index contributed by atoms with van der Waals surface area (Å²) in [5, 5.41) is 3.52. The van der Waals surface area contributed by atoms with E-state index < -0.39 is 5.41 Å². The molecule has 0 heterocycles. The third-order valence-electron chi connectivity index (χ3n) is 2.17. The van der Waals surface area contributed by atoms with Crippen LogP contribution in [-0.2, 0) is 4.79 Å². The number of hydrazine groups is 1. The van der Waals surface area contributed by atoms with Crippen LogP contribution in [0.25, 0.3) is 0 Å². The predicted molar refractivity (Wildman–Crippen MR) is 68.5 cm³/mol. The van der Waals surface area contributed by atoms with Gasteiger partial charge in [0.05, 0.1) is 0 Å². The van der Waals surface area contributed by atoms with Gasteiger partial charge in [0.15, 0.2) is 0 Å². The zero-order valence-electron chi connectivity index (χ0n) is 11.3. The van der Waals surface area contributed by atoms with E-state index in [1.165, 1.54) is 0 Å². The Balaban J connectivity index is 0. The number of amidine groups is 1. The number of rotatable bonds is 4. The maximum Gasteiger partial charge on any atom is 0.142 e. The molecule has 0 unspecified atom stereocenters. The third-order valence-corrected chi connectivity index (χ3v) is 2.17. The van der Waals surface area contributed by atoms with Crippen molar-refractivity contribution in [3.8, 4) is 0 Å². The summed E-state index contributed by atoms with van der Waals surface area (Å²) < 4.78 is 0. The van der Waals surface area contributed by atoms with Crippen molar-refractivity contribution < 1.29 is 4.79 Å². The van der Waals surface area contributed by atoms with Crippen LogP contribution in [0.1, 0.15) is 48.0 Å². The molecule has 0 atom stereocenters. The van der Waals surface area contributed by atoms with Crippen molar-refractivity contribution in [1.82, 2.24) is 5.43 Å². The molecule has 0 aliphatic heterocycles. The summed E-state index contributed by atoms with van der Waals surface area (Å²) in [6, 6.07) is 0. The van der Waals surface area contributed by atoms with Crippen molar-refractivity contribution >= 4 is 11.6 Å². The highest BCUT2D eigenvalue weighted by molar-refractivity contribution is 5.92. The minimum absolute atomic E-state index is 0.0195. The van der Waals surface area contributed by atoms with Gasteiger partial charge in [-0.3, -0.25) is 4.79 Å². The number of carbonyl (C=O) groups is 1. The Bertz CT molecular complexity index is 234. The van der Waals surface area contributed by atoms with Gasteiger partial charge in [0.25, 0.3) is 0 Å². The molecule has 0 aliphatic rings. The number of hydrogen-bond acceptors (Lipinski definition) is 4. The third kappa shape index (κ3) is 5.70. The highest BCUT2D eigenvalue weighted by atomic mass is 16.1. The lowest BCUT2D eigenvalue weighted by Crippen LogP contribution is -2.43. The minimum atomic E-state index is -0.440. The lowest BCUT2D eigenvalue weighted by atomic mass is 9.83. The van der Waals surface area contributed by atoms with Gasteiger partial charge in [-0.05, 0) is 0 Å². The van der Waals surface area contributed by atoms with E-state index in [1.807, 2.05) is 41.5 Å². The molecule has 0 fully saturated rings. The molecule has 0 rings (SSSR count). The highest BCUT2D eigenvalue weighted by Crippen LogP contribution is 2.23. The number of nitrogens with zero attached hydrogens (tertiary/aromatic N) is 1. The fraction of sp³-hybridized carbons (Fsp3) is 0.818. The van der Waals surface area contributed by atoms with Gasteiger partial charge in [0, 0.05) is 17.8 Å². The zero-order valence-corrected chi connectivity index (χ0v) is 11.3. The standard InChI is InChI=1S/C9H20N4O.C2H6/c1-6(2)7(14)5-9(3,4)8(12-10)13-11;1-2/h6H,5,10-11H2,1-4H3,(H,12,13);1-2H3. The molecule has 5 heteroatoms. The molecular formula is C11H26N4O. The molecule has 0 aromatic rings. The van der Waals surface area contributed by atoms with Crippen molar-refractivity contribution in [2.24, 2.45) is 28.1 Å². The molecule has 16 heavy (non-hydrogen) atoms. The number of carbonyl (C=O) groups excluding carboxylic acids is 1. The van der Waals surface area contributed by atoms with Crippen LogP contribution < -0.4 is 17.1 Å². The second kappa shape index (κ2) is 8.10. The van der Waals surface area contributed by atoms with E-state index in [0.29, 0.717) is 12.3 Å². The van der Waals surface area contributed by atoms with Crippen LogP contribution in [0.5, 0.6) is 0 Å². The summed E-state index contributed by atoms with van der Waals surface area (Å²) in [5.41, 5.74) is 1.97. The molecule has 0 aromatic carbocycles. The molecule has 0 aliphatic carbocycles. The van der Waals surface area contributed by atoms with E-state index in [1.54, 1.807) is 0 Å². The average Bonchev–Trinajstić information content (AvgIpc) is 2.21. The van der Waals surface area contributed by atoms with Gasteiger partial charge < -0.3 is 11.3 Å². The van der Waals surface area contributed by atoms with Crippen molar-refractivity contribution in [3.05, 3.63) is 0 Å². The number of Topliss-reactive ketones (excluding diaryl/α,β-unsaturated/α-hetero) is 1. The topological polar surface area (TPSA) is 93.5 Å². The lowest BCUT2D eigenvalue weighted by Gasteiger charge is -2.25. The fourth-order valence-electron chi connectivity index (χ4n) is 1.13. The summed E-state index contributed by atoms with van der Waals surface area (Å²) >= 11 is 0. The second-order valence-corrected chi connectivity index (χ2v) is 4.30. The van der Waals surface area contributed by atoms with Crippen LogP contribution in [0.15, 0.2) is 5.10 Å². The van der Waals surface area contributed by atoms with Gasteiger partial charge in [-0.1, -0.05) is 41.5 Å². The van der Waals surface area contributed by atoms with Gasteiger partial charge >= 0.3 is 0 Å². The minimum Gasteiger partial charge on any atom is -0.322 e. The van der Waals surface area contributed by atoms with E-state index in [0.717, 1.165) is 0 Å². The Labute approximate surface area is 98.6 Å². The van der Waals surface area contributed by atoms with E-state index in [2.05, 4.69) is 10.5 Å². The molecular weight excluding hydrogens is 204 g/mol. The van der Waals surface area contributed by atoms with Crippen molar-refractivity contribution in [1.29, 1.82) is 0 Å². The molecule has 0 saturated carbocycles. The highest BCUT2D eigenvalue weighted by Gasteiger charge is 2.28. The molecule has 96 valence electrons. The second-order valence-electron chi connectivity index (χ2n) is 4.30. The van der Waals surface area contributed by atoms with Crippen LogP contribution in [0.2, 0.25) is 0 Å². The van der Waals surface area contributed by atoms with Crippen molar-refractivity contribution in [2.45, 2.75) is 48.0 Å². The molecule has 5 N–H and O–H groups in total. The first-order chi connectivity index (χ1) is 7.35. The summed E-state index contributed by atoms with van der Waals surface area (Å²) in [5.74, 6) is 11.0. The number of nitrogens with two attached hydrogens (primary N) is 2. The van der Waals surface area contributed by atoms with Gasteiger partial charge in [-0.2, -0.15) is 5.10 Å². The van der Waals surface area contributed by atoms with Crippen LogP contribution in [0, 0.1) is 11.3 Å². The van der Waals surface area contributed by atoms with Crippen molar-refractivity contribution in [2.75, 3.05) is 0 Å². The van der Waals surface area contributed by atoms with Gasteiger partial charge in [-0.25, -0.2) is 5.84 Å². The first-order valence-electron chi connectivity index (χ1n) is 5.63. The summed E-state index contributed by atoms with van der Waals surface area (Å²) in [6.45, 7) is 11.5. The maximum atomic E-state index is 11.5. The summed E-state index contributed by atoms with van der Waals surface area (Å²) in [6.07, 6.45) is 0.380. The van der Waals surface area contributed by atoms with Crippen LogP contribution in [0.3, 0.4) is 0 Å². The van der Waals surface area contributed by atoms with E-state index in [-0.39, 0.29) is 11.7 Å². The summed E-state index contributed by atoms with van der Waals surface area (Å²) in [7, 11) is 0. The monoisotopic (exact) mass is 230 g/mol. The predicted octanol–water partition coefficient (Wildman–Crippen LogP) is 1.39. The number of ketones is 1. The molecule has 0 amide bonds. The number of hydrazone groups is 1. The average molecular weight is 230 g/mol. The Morgan fingerprint density at radius 2 is 1.81 bits per heavy atom. The normalized spacial score (nSPS) is 11.9. The van der Waals surface area contributed by atoms with Crippen LogP contribution >= 0.6 is 0 Å². The molecule has 0 spiro atoms. The van der Waals surface area contributed by atoms with Crippen molar-refractivity contribution in [3.63, 3.8) is 0 Å². The van der Waals surface area contributed by atoms with Gasteiger partial charge in [0.1, 0.15) is 11.6 Å². The lowest BCUT2D eigenvalue weighted by molar-refractivity contribution is -0.123. The Morgan fingerprint density at radius 1 is 1.38 bits per heavy atom. The zero-order chi connectivity index (χ0) is 13.4. The van der Waals surface area contributed by atoms with Gasteiger partial charge in [0.2, 0.25) is 0 Å². The smallest absolute Gasteiger partial charge is 0.142 e. The first kappa shape index (κ1) is 17.3. The summed E-state index contributed by atoms with van der Waals surface area (Å²) in [4.78, 5) is 11.5. The first-order valence-corrected chi connectivity index (χ1v) is 5.63. The van der Waals surface area contributed by atoms with E-state index >= 15 is 0 Å². The van der Waals surface area contributed by atoms with Gasteiger partial charge in [-0.15, -0.1) is 0 Å². The quantitative estimate of drug-likeness (QED) is 0.294.